The molecule has 0 N–H and O–H groups in total. The van der Waals surface area contributed by atoms with E-state index in [9.17, 15) is 0 Å². The van der Waals surface area contributed by atoms with E-state index in [2.05, 4.69) is 30.2 Å². The summed E-state index contributed by atoms with van der Waals surface area (Å²) in [5.74, 6) is 0. The first kappa shape index (κ1) is 11.0. The molecule has 2 heteroatoms. The predicted molar refractivity (Wildman–Crippen MR) is 64.8 cm³/mol. The van der Waals surface area contributed by atoms with Gasteiger partial charge in [-0.3, -0.25) is 0 Å². The van der Waals surface area contributed by atoms with Gasteiger partial charge in [0, 0.05) is 19.1 Å². The molecule has 0 aromatic rings. The van der Waals surface area contributed by atoms with Crippen molar-refractivity contribution in [3.05, 3.63) is 12.8 Å². The van der Waals surface area contributed by atoms with Gasteiger partial charge in [0.15, 0.2) is 0 Å². The summed E-state index contributed by atoms with van der Waals surface area (Å²) < 4.78 is 0. The minimum atomic E-state index is 0.625. The molecule has 0 radical (unpaired) electrons. The van der Waals surface area contributed by atoms with E-state index < -0.39 is 0 Å². The van der Waals surface area contributed by atoms with Crippen molar-refractivity contribution < 1.29 is 0 Å². The second-order valence-corrected chi connectivity index (χ2v) is 5.53. The van der Waals surface area contributed by atoms with Crippen LogP contribution in [0.15, 0.2) is 12.8 Å². The zero-order valence-corrected chi connectivity index (χ0v) is 10.2. The highest BCUT2D eigenvalue weighted by atomic mass is 15.2. The Balaban J connectivity index is 1.90. The zero-order chi connectivity index (χ0) is 10.9. The van der Waals surface area contributed by atoms with E-state index in [1.165, 1.54) is 45.4 Å². The molecule has 86 valence electrons. The average molecular weight is 208 g/mol. The first-order valence-electron chi connectivity index (χ1n) is 6.26. The monoisotopic (exact) mass is 208 g/mol. The number of hydrogen-bond donors (Lipinski definition) is 0. The third kappa shape index (κ3) is 2.20. The first-order chi connectivity index (χ1) is 7.15. The molecule has 0 atom stereocenters. The molecule has 0 saturated carbocycles. The molecule has 2 nitrogen and oxygen atoms in total. The van der Waals surface area contributed by atoms with E-state index in [0.717, 1.165) is 6.04 Å². The van der Waals surface area contributed by atoms with Crippen LogP contribution in [0.25, 0.3) is 0 Å². The molecular weight excluding hydrogens is 184 g/mol. The van der Waals surface area contributed by atoms with E-state index in [1.54, 1.807) is 0 Å². The van der Waals surface area contributed by atoms with Crippen LogP contribution < -0.4 is 0 Å². The highest BCUT2D eigenvalue weighted by Crippen LogP contribution is 2.40. The molecule has 15 heavy (non-hydrogen) atoms. The molecule has 0 aromatic heterocycles. The molecule has 1 spiro atoms. The van der Waals surface area contributed by atoms with Gasteiger partial charge in [-0.15, -0.1) is 0 Å². The van der Waals surface area contributed by atoms with Crippen LogP contribution in [-0.4, -0.2) is 42.0 Å². The van der Waals surface area contributed by atoms with Gasteiger partial charge in [0.1, 0.15) is 0 Å². The molecule has 2 aliphatic heterocycles. The largest absolute Gasteiger partial charge is 0.377 e. The van der Waals surface area contributed by atoms with Crippen LogP contribution in [-0.2, 0) is 0 Å². The van der Waals surface area contributed by atoms with Gasteiger partial charge in [-0.25, -0.2) is 0 Å². The van der Waals surface area contributed by atoms with Gasteiger partial charge in [-0.1, -0.05) is 6.58 Å². The molecule has 0 aliphatic carbocycles. The number of likely N-dealkylation sites (tertiary alicyclic amines) is 2. The maximum atomic E-state index is 3.88. The second-order valence-electron chi connectivity index (χ2n) is 5.53. The fraction of sp³-hybridized carbons (Fsp3) is 0.846. The summed E-state index contributed by atoms with van der Waals surface area (Å²) in [7, 11) is 0. The Hall–Kier alpha value is -0.500. The minimum Gasteiger partial charge on any atom is -0.377 e. The molecule has 2 saturated heterocycles. The molecule has 0 aromatic carbocycles. The highest BCUT2D eigenvalue weighted by molar-refractivity contribution is 4.96. The lowest BCUT2D eigenvalue weighted by atomic mass is 9.77. The van der Waals surface area contributed by atoms with Gasteiger partial charge in [0.2, 0.25) is 0 Å². The van der Waals surface area contributed by atoms with Gasteiger partial charge in [-0.05, 0) is 57.8 Å². The summed E-state index contributed by atoms with van der Waals surface area (Å²) in [6.07, 6.45) is 6.17. The quantitative estimate of drug-likeness (QED) is 0.687. The average Bonchev–Trinajstić information content (AvgIpc) is 2.62. The van der Waals surface area contributed by atoms with Crippen molar-refractivity contribution in [1.82, 2.24) is 9.80 Å². The zero-order valence-electron chi connectivity index (χ0n) is 10.2. The maximum absolute atomic E-state index is 3.88. The van der Waals surface area contributed by atoms with Crippen molar-refractivity contribution >= 4 is 0 Å². The van der Waals surface area contributed by atoms with Gasteiger partial charge < -0.3 is 9.80 Å². The summed E-state index contributed by atoms with van der Waals surface area (Å²) in [5.41, 5.74) is 0.625. The van der Waals surface area contributed by atoms with E-state index >= 15 is 0 Å². The van der Waals surface area contributed by atoms with Crippen LogP contribution >= 0.6 is 0 Å². The summed E-state index contributed by atoms with van der Waals surface area (Å²) in [6.45, 7) is 13.6. The fourth-order valence-corrected chi connectivity index (χ4v) is 3.05. The maximum Gasteiger partial charge on any atom is 0.0230 e. The Labute approximate surface area is 93.9 Å². The Morgan fingerprint density at radius 2 is 1.73 bits per heavy atom. The van der Waals surface area contributed by atoms with Gasteiger partial charge in [-0.2, -0.15) is 0 Å². The lowest BCUT2D eigenvalue weighted by Gasteiger charge is -2.40. The van der Waals surface area contributed by atoms with Crippen LogP contribution in [0.4, 0.5) is 0 Å². The van der Waals surface area contributed by atoms with Gasteiger partial charge >= 0.3 is 0 Å². The lowest BCUT2D eigenvalue weighted by Crippen LogP contribution is -2.44. The summed E-state index contributed by atoms with van der Waals surface area (Å²) >= 11 is 0. The number of nitrogens with zero attached hydrogens (tertiary/aromatic N) is 2. The van der Waals surface area contributed by atoms with E-state index in [-0.39, 0.29) is 0 Å². The third-order valence-electron chi connectivity index (χ3n) is 4.32. The van der Waals surface area contributed by atoms with Crippen LogP contribution in [0.3, 0.4) is 0 Å². The number of hydrogen-bond acceptors (Lipinski definition) is 2. The minimum absolute atomic E-state index is 0.625. The second kappa shape index (κ2) is 4.17. The van der Waals surface area contributed by atoms with Crippen LogP contribution in [0.5, 0.6) is 0 Å². The summed E-state index contributed by atoms with van der Waals surface area (Å²) in [5, 5.41) is 0. The van der Waals surface area contributed by atoms with Crippen molar-refractivity contribution in [1.29, 1.82) is 0 Å². The van der Waals surface area contributed by atoms with Crippen molar-refractivity contribution in [3.8, 4) is 0 Å². The normalized spacial score (nSPS) is 26.5. The van der Waals surface area contributed by atoms with Crippen molar-refractivity contribution in [2.24, 2.45) is 5.41 Å². The Morgan fingerprint density at radius 1 is 1.13 bits per heavy atom. The molecule has 2 heterocycles. The standard InChI is InChI=1S/C13H24N2/c1-4-14-8-5-13(11-14)6-9-15(10-7-13)12(2)3/h4,12H,1,5-11H2,2-3H3. The Morgan fingerprint density at radius 3 is 2.20 bits per heavy atom. The van der Waals surface area contributed by atoms with E-state index in [1.807, 2.05) is 6.20 Å². The first-order valence-corrected chi connectivity index (χ1v) is 6.26. The van der Waals surface area contributed by atoms with Crippen LogP contribution in [0.2, 0.25) is 0 Å². The number of piperidine rings is 1. The SMILES string of the molecule is C=CN1CCC2(CCN(C(C)C)CC2)C1. The molecule has 0 unspecified atom stereocenters. The third-order valence-corrected chi connectivity index (χ3v) is 4.32. The van der Waals surface area contributed by atoms with E-state index in [4.69, 9.17) is 0 Å². The molecule has 0 amide bonds. The molecule has 2 rings (SSSR count). The van der Waals surface area contributed by atoms with Crippen LogP contribution in [0, 0.1) is 5.41 Å². The molecule has 2 fully saturated rings. The van der Waals surface area contributed by atoms with Gasteiger partial charge in [0.25, 0.3) is 0 Å². The molecule has 0 bridgehead atoms. The Kier molecular flexibility index (Phi) is 3.06. The predicted octanol–water partition coefficient (Wildman–Crippen LogP) is 2.33. The highest BCUT2D eigenvalue weighted by Gasteiger charge is 2.39. The smallest absolute Gasteiger partial charge is 0.0230 e. The van der Waals surface area contributed by atoms with Crippen LogP contribution in [0.1, 0.15) is 33.1 Å². The van der Waals surface area contributed by atoms with Crippen molar-refractivity contribution in [3.63, 3.8) is 0 Å². The van der Waals surface area contributed by atoms with Crippen molar-refractivity contribution in [2.45, 2.75) is 39.2 Å². The van der Waals surface area contributed by atoms with Crippen molar-refractivity contribution in [2.75, 3.05) is 26.2 Å². The van der Waals surface area contributed by atoms with Gasteiger partial charge in [0.05, 0.1) is 0 Å². The number of rotatable bonds is 2. The summed E-state index contributed by atoms with van der Waals surface area (Å²) in [6, 6.07) is 0.722. The molecule has 2 aliphatic rings. The topological polar surface area (TPSA) is 6.48 Å². The van der Waals surface area contributed by atoms with E-state index in [0.29, 0.717) is 5.41 Å². The Bertz CT molecular complexity index is 227. The lowest BCUT2D eigenvalue weighted by molar-refractivity contribution is 0.0905. The fourth-order valence-electron chi connectivity index (χ4n) is 3.05. The summed E-state index contributed by atoms with van der Waals surface area (Å²) in [4.78, 5) is 5.01. The molecular formula is C13H24N2.